The van der Waals surface area contributed by atoms with Crippen molar-refractivity contribution in [2.24, 2.45) is 0 Å². The van der Waals surface area contributed by atoms with Crippen LogP contribution in [0.5, 0.6) is 0 Å². The molecule has 0 atom stereocenters. The molecule has 96 valence electrons. The van der Waals surface area contributed by atoms with Gasteiger partial charge in [-0.3, -0.25) is 0 Å². The van der Waals surface area contributed by atoms with Crippen molar-refractivity contribution in [3.63, 3.8) is 0 Å². The Bertz CT molecular complexity index is 558. The second-order valence-electron chi connectivity index (χ2n) is 4.53. The van der Waals surface area contributed by atoms with E-state index in [2.05, 4.69) is 4.90 Å². The summed E-state index contributed by atoms with van der Waals surface area (Å²) in [5.74, 6) is -0.287. The topological polar surface area (TPSA) is 34.5 Å². The summed E-state index contributed by atoms with van der Waals surface area (Å²) in [7, 11) is 5.45. The maximum Gasteiger partial charge on any atom is 0.354 e. The molecule has 1 aromatic heterocycles. The van der Waals surface area contributed by atoms with Gasteiger partial charge < -0.3 is 14.2 Å². The third kappa shape index (κ3) is 2.38. The van der Waals surface area contributed by atoms with Crippen LogP contribution in [0.1, 0.15) is 10.5 Å². The summed E-state index contributed by atoms with van der Waals surface area (Å²) in [6, 6.07) is 9.87. The number of benzene rings is 1. The van der Waals surface area contributed by atoms with Crippen molar-refractivity contribution in [2.75, 3.05) is 27.7 Å². The van der Waals surface area contributed by atoms with Crippen LogP contribution in [-0.4, -0.2) is 43.2 Å². The SMILES string of the molecule is COC(=O)c1cc2ccccc2n1CCN(C)C. The molecule has 0 bridgehead atoms. The molecule has 0 fully saturated rings. The minimum atomic E-state index is -0.287. The molecule has 0 unspecified atom stereocenters. The van der Waals surface area contributed by atoms with E-state index in [1.807, 2.05) is 49.0 Å². The van der Waals surface area contributed by atoms with Gasteiger partial charge in [0.05, 0.1) is 7.11 Å². The van der Waals surface area contributed by atoms with E-state index >= 15 is 0 Å². The molecule has 0 aliphatic carbocycles. The lowest BCUT2D eigenvalue weighted by Gasteiger charge is -2.13. The highest BCUT2D eigenvalue weighted by Gasteiger charge is 2.15. The molecular weight excluding hydrogens is 228 g/mol. The fourth-order valence-corrected chi connectivity index (χ4v) is 2.02. The fourth-order valence-electron chi connectivity index (χ4n) is 2.02. The molecule has 0 N–H and O–H groups in total. The zero-order valence-corrected chi connectivity index (χ0v) is 11.0. The first-order valence-corrected chi connectivity index (χ1v) is 5.95. The molecule has 0 saturated heterocycles. The van der Waals surface area contributed by atoms with Gasteiger partial charge in [0, 0.05) is 24.0 Å². The van der Waals surface area contributed by atoms with Crippen LogP contribution in [-0.2, 0) is 11.3 Å². The lowest BCUT2D eigenvalue weighted by molar-refractivity contribution is 0.0588. The van der Waals surface area contributed by atoms with Gasteiger partial charge in [-0.2, -0.15) is 0 Å². The van der Waals surface area contributed by atoms with Crippen molar-refractivity contribution in [3.05, 3.63) is 36.0 Å². The third-order valence-electron chi connectivity index (χ3n) is 2.98. The van der Waals surface area contributed by atoms with Gasteiger partial charge in [-0.15, -0.1) is 0 Å². The van der Waals surface area contributed by atoms with Gasteiger partial charge in [-0.05, 0) is 26.2 Å². The number of hydrogen-bond donors (Lipinski definition) is 0. The first kappa shape index (κ1) is 12.6. The van der Waals surface area contributed by atoms with Gasteiger partial charge >= 0.3 is 5.97 Å². The van der Waals surface area contributed by atoms with Crippen LogP contribution in [0.15, 0.2) is 30.3 Å². The summed E-state index contributed by atoms with van der Waals surface area (Å²) in [5, 5.41) is 1.07. The third-order valence-corrected chi connectivity index (χ3v) is 2.98. The first-order chi connectivity index (χ1) is 8.63. The lowest BCUT2D eigenvalue weighted by Crippen LogP contribution is -2.20. The van der Waals surface area contributed by atoms with E-state index < -0.39 is 0 Å². The summed E-state index contributed by atoms with van der Waals surface area (Å²) in [4.78, 5) is 13.9. The number of para-hydroxylation sites is 1. The number of aromatic nitrogens is 1. The monoisotopic (exact) mass is 246 g/mol. The molecule has 0 saturated carbocycles. The maximum absolute atomic E-state index is 11.8. The number of methoxy groups -OCH3 is 1. The molecule has 1 heterocycles. The van der Waals surface area contributed by atoms with Gasteiger partial charge in [0.25, 0.3) is 0 Å². The van der Waals surface area contributed by atoms with Gasteiger partial charge in [-0.25, -0.2) is 4.79 Å². The number of esters is 1. The van der Waals surface area contributed by atoms with Crippen molar-refractivity contribution in [2.45, 2.75) is 6.54 Å². The van der Waals surface area contributed by atoms with Gasteiger partial charge in [-0.1, -0.05) is 18.2 Å². The van der Waals surface area contributed by atoms with E-state index in [1.165, 1.54) is 7.11 Å². The first-order valence-electron chi connectivity index (χ1n) is 5.95. The molecule has 0 radical (unpaired) electrons. The summed E-state index contributed by atoms with van der Waals surface area (Å²) in [6.45, 7) is 1.65. The molecule has 0 spiro atoms. The van der Waals surface area contributed by atoms with Crippen molar-refractivity contribution in [1.82, 2.24) is 9.47 Å². The van der Waals surface area contributed by atoms with Crippen molar-refractivity contribution >= 4 is 16.9 Å². The maximum atomic E-state index is 11.8. The van der Waals surface area contributed by atoms with Crippen molar-refractivity contribution < 1.29 is 9.53 Å². The standard InChI is InChI=1S/C14H18N2O2/c1-15(2)8-9-16-12-7-5-4-6-11(12)10-13(16)14(17)18-3/h4-7,10H,8-9H2,1-3H3. The lowest BCUT2D eigenvalue weighted by atomic mass is 10.2. The molecule has 4 nitrogen and oxygen atoms in total. The molecule has 0 amide bonds. The van der Waals surface area contributed by atoms with Crippen LogP contribution in [0.2, 0.25) is 0 Å². The molecular formula is C14H18N2O2. The Hall–Kier alpha value is -1.81. The van der Waals surface area contributed by atoms with Crippen LogP contribution in [0.3, 0.4) is 0 Å². The molecule has 2 rings (SSSR count). The molecule has 18 heavy (non-hydrogen) atoms. The average molecular weight is 246 g/mol. The van der Waals surface area contributed by atoms with E-state index in [1.54, 1.807) is 0 Å². The minimum absolute atomic E-state index is 0.287. The number of rotatable bonds is 4. The smallest absolute Gasteiger partial charge is 0.354 e. The number of carbonyl (C=O) groups excluding carboxylic acids is 1. The Kier molecular flexibility index (Phi) is 3.67. The van der Waals surface area contributed by atoms with Crippen LogP contribution in [0.25, 0.3) is 10.9 Å². The number of hydrogen-bond acceptors (Lipinski definition) is 3. The Morgan fingerprint density at radius 1 is 1.33 bits per heavy atom. The number of carbonyl (C=O) groups is 1. The summed E-state index contributed by atoms with van der Waals surface area (Å²) in [6.07, 6.45) is 0. The van der Waals surface area contributed by atoms with E-state index in [4.69, 9.17) is 4.74 Å². The second-order valence-corrected chi connectivity index (χ2v) is 4.53. The largest absolute Gasteiger partial charge is 0.464 e. The number of nitrogens with zero attached hydrogens (tertiary/aromatic N) is 2. The molecule has 1 aromatic carbocycles. The Balaban J connectivity index is 2.47. The molecule has 0 aliphatic rings. The fraction of sp³-hybridized carbons (Fsp3) is 0.357. The summed E-state index contributed by atoms with van der Waals surface area (Å²) < 4.78 is 6.85. The highest BCUT2D eigenvalue weighted by Crippen LogP contribution is 2.20. The number of ether oxygens (including phenoxy) is 1. The van der Waals surface area contributed by atoms with E-state index in [9.17, 15) is 4.79 Å². The van der Waals surface area contributed by atoms with Crippen LogP contribution >= 0.6 is 0 Å². The molecule has 4 heteroatoms. The zero-order chi connectivity index (χ0) is 13.1. The molecule has 0 aliphatic heterocycles. The predicted molar refractivity (Wildman–Crippen MR) is 71.8 cm³/mol. The second kappa shape index (κ2) is 5.23. The number of fused-ring (bicyclic) bond motifs is 1. The van der Waals surface area contributed by atoms with Crippen molar-refractivity contribution in [1.29, 1.82) is 0 Å². The van der Waals surface area contributed by atoms with Crippen LogP contribution < -0.4 is 0 Å². The number of likely N-dealkylation sites (N-methyl/N-ethyl adjacent to an activating group) is 1. The van der Waals surface area contributed by atoms with E-state index in [-0.39, 0.29) is 5.97 Å². The molecule has 2 aromatic rings. The van der Waals surface area contributed by atoms with E-state index in [0.717, 1.165) is 24.0 Å². The van der Waals surface area contributed by atoms with Gasteiger partial charge in [0.2, 0.25) is 0 Å². The normalized spacial score (nSPS) is 11.1. The highest BCUT2D eigenvalue weighted by molar-refractivity contribution is 5.95. The van der Waals surface area contributed by atoms with E-state index in [0.29, 0.717) is 5.69 Å². The Morgan fingerprint density at radius 2 is 2.06 bits per heavy atom. The van der Waals surface area contributed by atoms with Gasteiger partial charge in [0.1, 0.15) is 5.69 Å². The Labute approximate surface area is 107 Å². The quantitative estimate of drug-likeness (QED) is 0.774. The Morgan fingerprint density at radius 3 is 2.72 bits per heavy atom. The van der Waals surface area contributed by atoms with Crippen LogP contribution in [0, 0.1) is 0 Å². The predicted octanol–water partition coefficient (Wildman–Crippen LogP) is 1.99. The average Bonchev–Trinajstić information content (AvgIpc) is 2.74. The van der Waals surface area contributed by atoms with Gasteiger partial charge in [0.15, 0.2) is 0 Å². The van der Waals surface area contributed by atoms with Crippen molar-refractivity contribution in [3.8, 4) is 0 Å². The summed E-state index contributed by atoms with van der Waals surface area (Å²) in [5.41, 5.74) is 1.68. The van der Waals surface area contributed by atoms with Crippen LogP contribution in [0.4, 0.5) is 0 Å². The summed E-state index contributed by atoms with van der Waals surface area (Å²) >= 11 is 0. The minimum Gasteiger partial charge on any atom is -0.464 e. The highest BCUT2D eigenvalue weighted by atomic mass is 16.5. The zero-order valence-electron chi connectivity index (χ0n) is 11.0.